The van der Waals surface area contributed by atoms with Gasteiger partial charge in [-0.1, -0.05) is 0 Å². The molecule has 112 valence electrons. The third-order valence-electron chi connectivity index (χ3n) is 3.73. The molecular weight excluding hydrogens is 286 g/mol. The molecule has 0 unspecified atom stereocenters. The second-order valence-corrected chi connectivity index (χ2v) is 6.25. The maximum Gasteiger partial charge on any atom is 0.219 e. The first-order chi connectivity index (χ1) is 10.1. The van der Waals surface area contributed by atoms with E-state index < -0.39 is 0 Å². The van der Waals surface area contributed by atoms with E-state index in [1.807, 2.05) is 24.3 Å². The van der Waals surface area contributed by atoms with E-state index in [1.165, 1.54) is 0 Å². The molecule has 0 aromatic carbocycles. The summed E-state index contributed by atoms with van der Waals surface area (Å²) in [5, 5.41) is 7.37. The van der Waals surface area contributed by atoms with Gasteiger partial charge in [0, 0.05) is 57.3 Å². The van der Waals surface area contributed by atoms with Gasteiger partial charge in [0.15, 0.2) is 0 Å². The SMILES string of the molecule is CC(=O)N1CCN(Cc2nc(-c3cnn(C)c3)cs2)CC1. The van der Waals surface area contributed by atoms with E-state index in [0.29, 0.717) is 0 Å². The normalized spacial score (nSPS) is 16.4. The minimum atomic E-state index is 0.169. The molecule has 1 aliphatic rings. The highest BCUT2D eigenvalue weighted by Crippen LogP contribution is 2.22. The Morgan fingerprint density at radius 3 is 2.71 bits per heavy atom. The van der Waals surface area contributed by atoms with Gasteiger partial charge in [0.2, 0.25) is 5.91 Å². The molecule has 0 N–H and O–H groups in total. The van der Waals surface area contributed by atoms with Gasteiger partial charge >= 0.3 is 0 Å². The molecule has 0 saturated carbocycles. The number of hydrogen-bond acceptors (Lipinski definition) is 5. The van der Waals surface area contributed by atoms with Crippen LogP contribution in [-0.2, 0) is 18.4 Å². The summed E-state index contributed by atoms with van der Waals surface area (Å²) >= 11 is 1.68. The van der Waals surface area contributed by atoms with Crippen molar-refractivity contribution in [2.24, 2.45) is 7.05 Å². The standard InChI is InChI=1S/C14H19N5OS/c1-11(20)19-5-3-18(4-6-19)9-14-16-13(10-21-14)12-7-15-17(2)8-12/h7-8,10H,3-6,9H2,1-2H3. The number of nitrogens with zero attached hydrogens (tertiary/aromatic N) is 5. The first kappa shape index (κ1) is 14.2. The largest absolute Gasteiger partial charge is 0.340 e. The summed E-state index contributed by atoms with van der Waals surface area (Å²) in [5.41, 5.74) is 2.05. The van der Waals surface area contributed by atoms with Crippen LogP contribution in [0.4, 0.5) is 0 Å². The van der Waals surface area contributed by atoms with Crippen LogP contribution in [0.15, 0.2) is 17.8 Å². The van der Waals surface area contributed by atoms with E-state index in [0.717, 1.165) is 49.0 Å². The van der Waals surface area contributed by atoms with Crippen molar-refractivity contribution in [3.63, 3.8) is 0 Å². The zero-order valence-electron chi connectivity index (χ0n) is 12.3. The van der Waals surface area contributed by atoms with E-state index in [4.69, 9.17) is 0 Å². The molecule has 0 bridgehead atoms. The molecule has 0 radical (unpaired) electrons. The Balaban J connectivity index is 1.59. The Morgan fingerprint density at radius 2 is 2.10 bits per heavy atom. The van der Waals surface area contributed by atoms with E-state index in [2.05, 4.69) is 20.4 Å². The van der Waals surface area contributed by atoms with Gasteiger partial charge in [-0.15, -0.1) is 11.3 Å². The summed E-state index contributed by atoms with van der Waals surface area (Å²) in [4.78, 5) is 20.3. The monoisotopic (exact) mass is 305 g/mol. The lowest BCUT2D eigenvalue weighted by atomic mass is 10.3. The van der Waals surface area contributed by atoms with Gasteiger partial charge in [-0.05, 0) is 0 Å². The van der Waals surface area contributed by atoms with Crippen molar-refractivity contribution in [2.45, 2.75) is 13.5 Å². The topological polar surface area (TPSA) is 54.3 Å². The van der Waals surface area contributed by atoms with E-state index in [9.17, 15) is 4.79 Å². The number of aryl methyl sites for hydroxylation is 1. The number of hydrogen-bond donors (Lipinski definition) is 0. The average molecular weight is 305 g/mol. The van der Waals surface area contributed by atoms with Crippen LogP contribution in [0, 0.1) is 0 Å². The van der Waals surface area contributed by atoms with Crippen molar-refractivity contribution in [2.75, 3.05) is 26.2 Å². The lowest BCUT2D eigenvalue weighted by molar-refractivity contribution is -0.130. The molecule has 0 aliphatic carbocycles. The van der Waals surface area contributed by atoms with Gasteiger partial charge < -0.3 is 4.90 Å². The minimum absolute atomic E-state index is 0.169. The molecule has 0 atom stereocenters. The quantitative estimate of drug-likeness (QED) is 0.855. The average Bonchev–Trinajstić information content (AvgIpc) is 3.08. The Bertz CT molecular complexity index is 627. The number of rotatable bonds is 3. The molecular formula is C14H19N5OS. The van der Waals surface area contributed by atoms with Crippen LogP contribution < -0.4 is 0 Å². The minimum Gasteiger partial charge on any atom is -0.340 e. The second-order valence-electron chi connectivity index (χ2n) is 5.31. The van der Waals surface area contributed by atoms with Crippen LogP contribution in [0.1, 0.15) is 11.9 Å². The molecule has 0 spiro atoms. The van der Waals surface area contributed by atoms with Crippen molar-refractivity contribution in [3.05, 3.63) is 22.8 Å². The summed E-state index contributed by atoms with van der Waals surface area (Å²) in [6.45, 7) is 5.96. The van der Waals surface area contributed by atoms with Crippen molar-refractivity contribution in [1.29, 1.82) is 0 Å². The maximum atomic E-state index is 11.3. The van der Waals surface area contributed by atoms with Gasteiger partial charge in [-0.3, -0.25) is 14.4 Å². The molecule has 1 amide bonds. The van der Waals surface area contributed by atoms with Crippen molar-refractivity contribution in [1.82, 2.24) is 24.6 Å². The summed E-state index contributed by atoms with van der Waals surface area (Å²) < 4.78 is 1.79. The molecule has 3 rings (SSSR count). The van der Waals surface area contributed by atoms with Gasteiger partial charge in [0.25, 0.3) is 0 Å². The van der Waals surface area contributed by atoms with Crippen molar-refractivity contribution in [3.8, 4) is 11.3 Å². The Kier molecular flexibility index (Phi) is 4.03. The van der Waals surface area contributed by atoms with E-state index in [-0.39, 0.29) is 5.91 Å². The second kappa shape index (κ2) is 5.95. The Hall–Kier alpha value is -1.73. The highest BCUT2D eigenvalue weighted by molar-refractivity contribution is 7.09. The van der Waals surface area contributed by atoms with Gasteiger partial charge in [0.1, 0.15) is 5.01 Å². The van der Waals surface area contributed by atoms with Crippen molar-refractivity contribution >= 4 is 17.2 Å². The summed E-state index contributed by atoms with van der Waals surface area (Å²) in [7, 11) is 1.91. The van der Waals surface area contributed by atoms with Gasteiger partial charge in [-0.25, -0.2) is 4.98 Å². The number of carbonyl (C=O) groups is 1. The fourth-order valence-electron chi connectivity index (χ4n) is 2.48. The van der Waals surface area contributed by atoms with Crippen LogP contribution in [-0.4, -0.2) is 56.7 Å². The number of thiazole rings is 1. The highest BCUT2D eigenvalue weighted by Gasteiger charge is 2.19. The van der Waals surface area contributed by atoms with Crippen molar-refractivity contribution < 1.29 is 4.79 Å². The Labute approximate surface area is 128 Å². The molecule has 1 aliphatic heterocycles. The molecule has 2 aromatic rings. The fourth-order valence-corrected chi connectivity index (χ4v) is 3.33. The zero-order chi connectivity index (χ0) is 14.8. The number of amides is 1. The van der Waals surface area contributed by atoms with Crippen LogP contribution in [0.2, 0.25) is 0 Å². The van der Waals surface area contributed by atoms with Crippen LogP contribution in [0.25, 0.3) is 11.3 Å². The van der Waals surface area contributed by atoms with Gasteiger partial charge in [0.05, 0.1) is 18.4 Å². The zero-order valence-corrected chi connectivity index (χ0v) is 13.1. The third-order valence-corrected chi connectivity index (χ3v) is 4.56. The number of aromatic nitrogens is 3. The molecule has 3 heterocycles. The summed E-state index contributed by atoms with van der Waals surface area (Å²) in [5.74, 6) is 0.169. The van der Waals surface area contributed by atoms with Crippen LogP contribution >= 0.6 is 11.3 Å². The van der Waals surface area contributed by atoms with Crippen LogP contribution in [0.3, 0.4) is 0 Å². The van der Waals surface area contributed by atoms with E-state index in [1.54, 1.807) is 22.9 Å². The lowest BCUT2D eigenvalue weighted by Crippen LogP contribution is -2.47. The fraction of sp³-hybridized carbons (Fsp3) is 0.500. The van der Waals surface area contributed by atoms with E-state index >= 15 is 0 Å². The molecule has 1 fully saturated rings. The molecule has 6 nitrogen and oxygen atoms in total. The molecule has 7 heteroatoms. The summed E-state index contributed by atoms with van der Waals surface area (Å²) in [6, 6.07) is 0. The molecule has 2 aromatic heterocycles. The lowest BCUT2D eigenvalue weighted by Gasteiger charge is -2.33. The first-order valence-corrected chi connectivity index (χ1v) is 7.91. The predicted octanol–water partition coefficient (Wildman–Crippen LogP) is 1.21. The number of carbonyl (C=O) groups excluding carboxylic acids is 1. The first-order valence-electron chi connectivity index (χ1n) is 7.03. The number of piperazine rings is 1. The highest BCUT2D eigenvalue weighted by atomic mass is 32.1. The smallest absolute Gasteiger partial charge is 0.219 e. The predicted molar refractivity (Wildman–Crippen MR) is 81.8 cm³/mol. The maximum absolute atomic E-state index is 11.3. The summed E-state index contributed by atoms with van der Waals surface area (Å²) in [6.07, 6.45) is 3.81. The van der Waals surface area contributed by atoms with Crippen LogP contribution in [0.5, 0.6) is 0 Å². The van der Waals surface area contributed by atoms with Gasteiger partial charge in [-0.2, -0.15) is 5.10 Å². The third kappa shape index (κ3) is 3.30. The Morgan fingerprint density at radius 1 is 1.33 bits per heavy atom. The molecule has 1 saturated heterocycles. The molecule has 21 heavy (non-hydrogen) atoms.